The molecule has 1 heterocycles. The molecule has 5 nitrogen and oxygen atoms in total. The fourth-order valence-corrected chi connectivity index (χ4v) is 2.64. The molecule has 0 amide bonds. The summed E-state index contributed by atoms with van der Waals surface area (Å²) in [5.74, 6) is -1.09. The van der Waals surface area contributed by atoms with E-state index in [0.717, 1.165) is 5.56 Å². The summed E-state index contributed by atoms with van der Waals surface area (Å²) in [6.45, 7) is 1.72. The Labute approximate surface area is 143 Å². The van der Waals surface area contributed by atoms with Crippen LogP contribution in [0.1, 0.15) is 21.6 Å². The lowest BCUT2D eigenvalue weighted by atomic mass is 10.1. The summed E-state index contributed by atoms with van der Waals surface area (Å²) in [7, 11) is 0. The van der Waals surface area contributed by atoms with Gasteiger partial charge in [-0.1, -0.05) is 23.7 Å². The van der Waals surface area contributed by atoms with Gasteiger partial charge in [-0.05, 0) is 43.3 Å². The molecule has 24 heavy (non-hydrogen) atoms. The molecule has 3 aromatic rings. The van der Waals surface area contributed by atoms with Gasteiger partial charge in [-0.15, -0.1) is 0 Å². The maximum Gasteiger partial charge on any atom is 0.356 e. The van der Waals surface area contributed by atoms with E-state index >= 15 is 0 Å². The Kier molecular flexibility index (Phi) is 4.07. The number of halogens is 1. The van der Waals surface area contributed by atoms with Gasteiger partial charge in [0, 0.05) is 16.1 Å². The minimum atomic E-state index is -1.09. The standard InChI is InChI=1S/C18H12ClN3O2/c1-11-16(18(23)24)21-22(15-8-2-12(10-20)3-9-15)17(11)13-4-6-14(19)7-5-13/h2-9H,1H3,(H,23,24). The molecule has 0 radical (unpaired) electrons. The van der Waals surface area contributed by atoms with Gasteiger partial charge in [-0.2, -0.15) is 10.4 Å². The van der Waals surface area contributed by atoms with E-state index < -0.39 is 5.97 Å². The number of carboxylic acid groups (broad SMARTS) is 1. The molecule has 0 spiro atoms. The summed E-state index contributed by atoms with van der Waals surface area (Å²) < 4.78 is 1.57. The van der Waals surface area contributed by atoms with Crippen molar-refractivity contribution in [3.8, 4) is 23.0 Å². The average Bonchev–Trinajstić information content (AvgIpc) is 2.93. The smallest absolute Gasteiger partial charge is 0.356 e. The minimum absolute atomic E-state index is 0.00990. The van der Waals surface area contributed by atoms with Crippen LogP contribution in [-0.2, 0) is 0 Å². The maximum atomic E-state index is 11.5. The molecule has 0 aliphatic rings. The number of hydrogen-bond acceptors (Lipinski definition) is 3. The summed E-state index contributed by atoms with van der Waals surface area (Å²) in [6, 6.07) is 16.0. The number of benzene rings is 2. The molecule has 0 aliphatic carbocycles. The highest BCUT2D eigenvalue weighted by Gasteiger charge is 2.21. The zero-order valence-corrected chi connectivity index (χ0v) is 13.4. The van der Waals surface area contributed by atoms with E-state index in [2.05, 4.69) is 11.2 Å². The third-order valence-electron chi connectivity index (χ3n) is 3.68. The van der Waals surface area contributed by atoms with E-state index in [1.54, 1.807) is 48.0 Å². The molecule has 6 heteroatoms. The molecule has 3 rings (SSSR count). The van der Waals surface area contributed by atoms with Crippen molar-refractivity contribution in [2.24, 2.45) is 0 Å². The van der Waals surface area contributed by atoms with Gasteiger partial charge in [0.25, 0.3) is 0 Å². The summed E-state index contributed by atoms with van der Waals surface area (Å²) in [5.41, 5.74) is 3.23. The average molecular weight is 338 g/mol. The van der Waals surface area contributed by atoms with Crippen molar-refractivity contribution in [3.63, 3.8) is 0 Å². The number of carbonyl (C=O) groups is 1. The van der Waals surface area contributed by atoms with E-state index in [1.807, 2.05) is 12.1 Å². The summed E-state index contributed by atoms with van der Waals surface area (Å²) in [4.78, 5) is 11.5. The predicted molar refractivity (Wildman–Crippen MR) is 90.4 cm³/mol. The summed E-state index contributed by atoms with van der Waals surface area (Å²) in [6.07, 6.45) is 0. The summed E-state index contributed by atoms with van der Waals surface area (Å²) >= 11 is 5.94. The largest absolute Gasteiger partial charge is 0.476 e. The van der Waals surface area contributed by atoms with Crippen molar-refractivity contribution in [2.45, 2.75) is 6.92 Å². The Morgan fingerprint density at radius 1 is 1.17 bits per heavy atom. The van der Waals surface area contributed by atoms with Crippen molar-refractivity contribution in [2.75, 3.05) is 0 Å². The number of carboxylic acids is 1. The molecule has 0 bridgehead atoms. The Morgan fingerprint density at radius 2 is 1.79 bits per heavy atom. The Hall–Kier alpha value is -3.10. The van der Waals surface area contributed by atoms with Crippen molar-refractivity contribution in [1.82, 2.24) is 9.78 Å². The third-order valence-corrected chi connectivity index (χ3v) is 3.94. The van der Waals surface area contributed by atoms with Crippen LogP contribution in [0.2, 0.25) is 5.02 Å². The van der Waals surface area contributed by atoms with Crippen LogP contribution in [0.25, 0.3) is 16.9 Å². The number of aromatic nitrogens is 2. The van der Waals surface area contributed by atoms with Gasteiger partial charge >= 0.3 is 5.97 Å². The zero-order valence-electron chi connectivity index (χ0n) is 12.7. The van der Waals surface area contributed by atoms with E-state index in [-0.39, 0.29) is 5.69 Å². The monoisotopic (exact) mass is 337 g/mol. The second-order valence-electron chi connectivity index (χ2n) is 5.20. The van der Waals surface area contributed by atoms with Gasteiger partial charge in [-0.25, -0.2) is 9.48 Å². The fourth-order valence-electron chi connectivity index (χ4n) is 2.51. The highest BCUT2D eigenvalue weighted by atomic mass is 35.5. The first-order valence-corrected chi connectivity index (χ1v) is 7.48. The van der Waals surface area contributed by atoms with E-state index in [9.17, 15) is 9.90 Å². The van der Waals surface area contributed by atoms with Gasteiger partial charge < -0.3 is 5.11 Å². The quantitative estimate of drug-likeness (QED) is 0.781. The first-order chi connectivity index (χ1) is 11.5. The second kappa shape index (κ2) is 6.19. The molecule has 118 valence electrons. The van der Waals surface area contributed by atoms with Gasteiger partial charge in [0.1, 0.15) is 0 Å². The second-order valence-corrected chi connectivity index (χ2v) is 5.64. The maximum absolute atomic E-state index is 11.5. The van der Waals surface area contributed by atoms with Crippen LogP contribution in [0.3, 0.4) is 0 Å². The van der Waals surface area contributed by atoms with Gasteiger partial charge in [-0.3, -0.25) is 0 Å². The number of aromatic carboxylic acids is 1. The van der Waals surface area contributed by atoms with E-state index in [1.165, 1.54) is 0 Å². The number of nitriles is 1. The molecular formula is C18H12ClN3O2. The third kappa shape index (κ3) is 2.75. The molecule has 0 unspecified atom stereocenters. The van der Waals surface area contributed by atoms with Crippen LogP contribution >= 0.6 is 11.6 Å². The van der Waals surface area contributed by atoms with Crippen molar-refractivity contribution in [3.05, 3.63) is 70.4 Å². The molecule has 0 saturated heterocycles. The number of hydrogen-bond donors (Lipinski definition) is 1. The van der Waals surface area contributed by atoms with Gasteiger partial charge in [0.15, 0.2) is 5.69 Å². The molecule has 1 aromatic heterocycles. The number of nitrogens with zero attached hydrogens (tertiary/aromatic N) is 3. The van der Waals surface area contributed by atoms with Crippen LogP contribution in [0.4, 0.5) is 0 Å². The van der Waals surface area contributed by atoms with Crippen molar-refractivity contribution in [1.29, 1.82) is 5.26 Å². The topological polar surface area (TPSA) is 78.9 Å². The first kappa shape index (κ1) is 15.8. The highest BCUT2D eigenvalue weighted by Crippen LogP contribution is 2.29. The zero-order chi connectivity index (χ0) is 17.3. The van der Waals surface area contributed by atoms with Crippen LogP contribution in [0, 0.1) is 18.3 Å². The molecular weight excluding hydrogens is 326 g/mol. The Bertz CT molecular complexity index is 952. The fraction of sp³-hybridized carbons (Fsp3) is 0.0556. The molecule has 0 atom stereocenters. The molecule has 0 saturated carbocycles. The van der Waals surface area contributed by atoms with Crippen LogP contribution in [0.5, 0.6) is 0 Å². The first-order valence-electron chi connectivity index (χ1n) is 7.10. The van der Waals surface area contributed by atoms with Crippen molar-refractivity contribution >= 4 is 17.6 Å². The van der Waals surface area contributed by atoms with Crippen LogP contribution < -0.4 is 0 Å². The normalized spacial score (nSPS) is 10.4. The SMILES string of the molecule is Cc1c(C(=O)O)nn(-c2ccc(C#N)cc2)c1-c1ccc(Cl)cc1. The van der Waals surface area contributed by atoms with Gasteiger partial charge in [0.2, 0.25) is 0 Å². The van der Waals surface area contributed by atoms with Crippen LogP contribution in [0.15, 0.2) is 48.5 Å². The molecule has 0 aliphatic heterocycles. The molecule has 2 aromatic carbocycles. The Morgan fingerprint density at radius 3 is 2.33 bits per heavy atom. The lowest BCUT2D eigenvalue weighted by Gasteiger charge is -2.09. The molecule has 0 fully saturated rings. The lowest BCUT2D eigenvalue weighted by molar-refractivity contribution is 0.0689. The minimum Gasteiger partial charge on any atom is -0.476 e. The van der Waals surface area contributed by atoms with Crippen molar-refractivity contribution < 1.29 is 9.90 Å². The highest BCUT2D eigenvalue weighted by molar-refractivity contribution is 6.30. The Balaban J connectivity index is 2.24. The van der Waals surface area contributed by atoms with E-state index in [0.29, 0.717) is 27.5 Å². The van der Waals surface area contributed by atoms with Gasteiger partial charge in [0.05, 0.1) is 23.0 Å². The number of rotatable bonds is 3. The predicted octanol–water partition coefficient (Wildman–Crippen LogP) is 4.07. The lowest BCUT2D eigenvalue weighted by Crippen LogP contribution is -2.02. The van der Waals surface area contributed by atoms with E-state index in [4.69, 9.17) is 16.9 Å². The summed E-state index contributed by atoms with van der Waals surface area (Å²) in [5, 5.41) is 23.1. The molecule has 1 N–H and O–H groups in total. The van der Waals surface area contributed by atoms with Crippen LogP contribution in [-0.4, -0.2) is 20.9 Å².